The summed E-state index contributed by atoms with van der Waals surface area (Å²) in [6.45, 7) is 8.13. The predicted molar refractivity (Wildman–Crippen MR) is 124 cm³/mol. The van der Waals surface area contributed by atoms with Crippen LogP contribution in [0, 0.1) is 13.8 Å². The lowest BCUT2D eigenvalue weighted by molar-refractivity contribution is 0.354. The third kappa shape index (κ3) is 5.36. The van der Waals surface area contributed by atoms with Crippen LogP contribution in [0.1, 0.15) is 29.4 Å². The molecule has 0 aliphatic carbocycles. The number of rotatable bonds is 8. The molecule has 3 rings (SSSR count). The number of benzene rings is 2. The second-order valence-electron chi connectivity index (χ2n) is 7.13. The van der Waals surface area contributed by atoms with Gasteiger partial charge in [0.1, 0.15) is 0 Å². The summed E-state index contributed by atoms with van der Waals surface area (Å²) in [5, 5.41) is 11.5. The number of aromatic nitrogens is 2. The molecule has 0 unspecified atom stereocenters. The highest BCUT2D eigenvalue weighted by Gasteiger charge is 2.13. The molecule has 164 valence electrons. The van der Waals surface area contributed by atoms with E-state index in [2.05, 4.69) is 36.6 Å². The van der Waals surface area contributed by atoms with Crippen molar-refractivity contribution in [2.45, 2.75) is 33.9 Å². The maximum atomic E-state index is 5.39. The molecule has 0 spiro atoms. The number of para-hydroxylation sites is 1. The molecule has 0 aliphatic rings. The molecule has 2 N–H and O–H groups in total. The van der Waals surface area contributed by atoms with Crippen LogP contribution in [0.5, 0.6) is 11.5 Å². The molecule has 1 heterocycles. The van der Waals surface area contributed by atoms with Gasteiger partial charge in [0.15, 0.2) is 17.5 Å². The molecular weight excluding hydrogens is 390 g/mol. The van der Waals surface area contributed by atoms with Gasteiger partial charge in [0, 0.05) is 24.3 Å². The molecule has 0 saturated carbocycles. The molecule has 2 aromatic carbocycles. The summed E-state index contributed by atoms with van der Waals surface area (Å²) in [5.41, 5.74) is 5.39. The first kappa shape index (κ1) is 22.2. The van der Waals surface area contributed by atoms with Crippen molar-refractivity contribution in [3.8, 4) is 17.2 Å². The molecule has 0 aliphatic heterocycles. The third-order valence-electron chi connectivity index (χ3n) is 5.09. The van der Waals surface area contributed by atoms with Crippen molar-refractivity contribution in [2.24, 2.45) is 4.99 Å². The Balaban J connectivity index is 1.73. The highest BCUT2D eigenvalue weighted by atomic mass is 16.5. The number of hydrogen-bond acceptors (Lipinski definition) is 4. The van der Waals surface area contributed by atoms with Crippen molar-refractivity contribution in [3.63, 3.8) is 0 Å². The number of hydrogen-bond donors (Lipinski definition) is 2. The predicted octanol–water partition coefficient (Wildman–Crippen LogP) is 3.76. The average Bonchev–Trinajstić information content (AvgIpc) is 3.09. The first-order valence-electron chi connectivity index (χ1n) is 10.4. The van der Waals surface area contributed by atoms with E-state index in [4.69, 9.17) is 19.6 Å². The Morgan fingerprint density at radius 1 is 1.00 bits per heavy atom. The van der Waals surface area contributed by atoms with E-state index in [-0.39, 0.29) is 0 Å². The van der Waals surface area contributed by atoms with Gasteiger partial charge in [0.25, 0.3) is 0 Å². The van der Waals surface area contributed by atoms with E-state index in [1.165, 1.54) is 5.56 Å². The van der Waals surface area contributed by atoms with Crippen molar-refractivity contribution in [2.75, 3.05) is 20.8 Å². The van der Waals surface area contributed by atoms with Crippen molar-refractivity contribution >= 4 is 5.96 Å². The quantitative estimate of drug-likeness (QED) is 0.428. The van der Waals surface area contributed by atoms with Crippen molar-refractivity contribution < 1.29 is 9.47 Å². The minimum absolute atomic E-state index is 0.525. The zero-order valence-corrected chi connectivity index (χ0v) is 18.9. The minimum Gasteiger partial charge on any atom is -0.493 e. The first-order chi connectivity index (χ1) is 15.1. The number of ether oxygens (including phenoxy) is 2. The maximum absolute atomic E-state index is 5.39. The van der Waals surface area contributed by atoms with E-state index in [1.54, 1.807) is 14.2 Å². The number of aryl methyl sites for hydroxylation is 1. The summed E-state index contributed by atoms with van der Waals surface area (Å²) >= 11 is 0. The van der Waals surface area contributed by atoms with E-state index in [9.17, 15) is 0 Å². The molecule has 0 radical (unpaired) electrons. The fourth-order valence-corrected chi connectivity index (χ4v) is 3.41. The highest BCUT2D eigenvalue weighted by Crippen LogP contribution is 2.27. The summed E-state index contributed by atoms with van der Waals surface area (Å²) in [5.74, 6) is 2.16. The van der Waals surface area contributed by atoms with Crippen LogP contribution < -0.4 is 20.1 Å². The second kappa shape index (κ2) is 10.5. The van der Waals surface area contributed by atoms with Gasteiger partial charge >= 0.3 is 0 Å². The fraction of sp³-hybridized carbons (Fsp3) is 0.333. The van der Waals surface area contributed by atoms with Gasteiger partial charge in [0.05, 0.1) is 32.1 Å². The lowest BCUT2D eigenvalue weighted by atomic mass is 10.2. The first-order valence-corrected chi connectivity index (χ1v) is 10.4. The molecule has 0 amide bonds. The Bertz CT molecular complexity index is 1030. The Kier molecular flexibility index (Phi) is 7.54. The molecule has 0 bridgehead atoms. The number of nitrogens with one attached hydrogen (secondary N) is 2. The lowest BCUT2D eigenvalue weighted by Crippen LogP contribution is -2.37. The van der Waals surface area contributed by atoms with E-state index in [1.807, 2.05) is 48.0 Å². The topological polar surface area (TPSA) is 72.7 Å². The summed E-state index contributed by atoms with van der Waals surface area (Å²) in [6.07, 6.45) is 0. The molecule has 0 fully saturated rings. The lowest BCUT2D eigenvalue weighted by Gasteiger charge is -2.13. The summed E-state index contributed by atoms with van der Waals surface area (Å²) < 4.78 is 12.7. The fourth-order valence-electron chi connectivity index (χ4n) is 3.41. The van der Waals surface area contributed by atoms with Crippen LogP contribution in [0.15, 0.2) is 53.5 Å². The van der Waals surface area contributed by atoms with E-state index in [0.29, 0.717) is 24.6 Å². The van der Waals surface area contributed by atoms with Crippen molar-refractivity contribution in [1.82, 2.24) is 20.4 Å². The van der Waals surface area contributed by atoms with Gasteiger partial charge in [-0.2, -0.15) is 5.10 Å². The van der Waals surface area contributed by atoms with Gasteiger partial charge in [-0.05, 0) is 50.6 Å². The SMILES string of the molecule is CCNC(=NCc1ccc(OC)c(OC)c1)NCc1c(C)nn(-c2ccccc2)c1C. The van der Waals surface area contributed by atoms with E-state index < -0.39 is 0 Å². The smallest absolute Gasteiger partial charge is 0.191 e. The van der Waals surface area contributed by atoms with Gasteiger partial charge in [-0.1, -0.05) is 24.3 Å². The van der Waals surface area contributed by atoms with Gasteiger partial charge in [-0.3, -0.25) is 0 Å². The van der Waals surface area contributed by atoms with Gasteiger partial charge in [-0.15, -0.1) is 0 Å². The second-order valence-corrected chi connectivity index (χ2v) is 7.13. The largest absolute Gasteiger partial charge is 0.493 e. The van der Waals surface area contributed by atoms with Gasteiger partial charge in [0.2, 0.25) is 0 Å². The monoisotopic (exact) mass is 421 g/mol. The van der Waals surface area contributed by atoms with Crippen molar-refractivity contribution in [1.29, 1.82) is 0 Å². The molecule has 0 atom stereocenters. The summed E-state index contributed by atoms with van der Waals surface area (Å²) in [6, 6.07) is 16.0. The molecule has 0 saturated heterocycles. The van der Waals surface area contributed by atoms with E-state index in [0.717, 1.165) is 35.1 Å². The number of nitrogens with zero attached hydrogens (tertiary/aromatic N) is 3. The minimum atomic E-state index is 0.525. The Labute approximate surface area is 184 Å². The van der Waals surface area contributed by atoms with Gasteiger partial charge < -0.3 is 20.1 Å². The maximum Gasteiger partial charge on any atom is 0.191 e. The Morgan fingerprint density at radius 2 is 1.74 bits per heavy atom. The van der Waals surface area contributed by atoms with Gasteiger partial charge in [-0.25, -0.2) is 9.67 Å². The number of aliphatic imine (C=N–C) groups is 1. The van der Waals surface area contributed by atoms with Crippen molar-refractivity contribution in [3.05, 3.63) is 71.0 Å². The zero-order chi connectivity index (χ0) is 22.2. The van der Waals surface area contributed by atoms with Crippen LogP contribution in [0.3, 0.4) is 0 Å². The molecular formula is C24H31N5O2. The Morgan fingerprint density at radius 3 is 2.42 bits per heavy atom. The van der Waals surface area contributed by atoms with Crippen LogP contribution in [-0.4, -0.2) is 36.5 Å². The van der Waals surface area contributed by atoms with Crippen LogP contribution in [0.4, 0.5) is 0 Å². The third-order valence-corrected chi connectivity index (χ3v) is 5.09. The molecule has 7 heteroatoms. The van der Waals surface area contributed by atoms with Crippen LogP contribution in [0.25, 0.3) is 5.69 Å². The normalized spacial score (nSPS) is 11.3. The standard InChI is InChI=1S/C24H31N5O2/c1-6-25-24(26-15-19-12-13-22(30-4)23(14-19)31-5)27-16-21-17(2)28-29(18(21)3)20-10-8-7-9-11-20/h7-14H,6,15-16H2,1-5H3,(H2,25,26,27). The molecule has 1 aromatic heterocycles. The summed E-state index contributed by atoms with van der Waals surface area (Å²) in [7, 11) is 3.27. The molecule has 7 nitrogen and oxygen atoms in total. The highest BCUT2D eigenvalue weighted by molar-refractivity contribution is 5.79. The summed E-state index contributed by atoms with van der Waals surface area (Å²) in [4.78, 5) is 4.72. The Hall–Kier alpha value is -3.48. The zero-order valence-electron chi connectivity index (χ0n) is 18.9. The molecule has 3 aromatic rings. The molecule has 31 heavy (non-hydrogen) atoms. The van der Waals surface area contributed by atoms with Crippen LogP contribution in [-0.2, 0) is 13.1 Å². The number of methoxy groups -OCH3 is 2. The van der Waals surface area contributed by atoms with Crippen LogP contribution >= 0.6 is 0 Å². The average molecular weight is 422 g/mol. The van der Waals surface area contributed by atoms with E-state index >= 15 is 0 Å². The van der Waals surface area contributed by atoms with Crippen LogP contribution in [0.2, 0.25) is 0 Å². The number of guanidine groups is 1.